The summed E-state index contributed by atoms with van der Waals surface area (Å²) in [6.07, 6.45) is 7.47. The van der Waals surface area contributed by atoms with E-state index >= 15 is 0 Å². The first kappa shape index (κ1) is 12.3. The second kappa shape index (κ2) is 5.08. The summed E-state index contributed by atoms with van der Waals surface area (Å²) in [7, 11) is 0. The predicted molar refractivity (Wildman–Crippen MR) is 77.3 cm³/mol. The van der Waals surface area contributed by atoms with Crippen LogP contribution in [0.4, 0.5) is 5.69 Å². The van der Waals surface area contributed by atoms with Crippen LogP contribution >= 0.6 is 0 Å². The van der Waals surface area contributed by atoms with Crippen molar-refractivity contribution in [2.45, 2.75) is 19.3 Å². The van der Waals surface area contributed by atoms with Crippen LogP contribution < -0.4 is 5.73 Å². The number of nitrogens with zero attached hydrogens (tertiary/aromatic N) is 1. The molecule has 2 fully saturated rings. The number of fused-ring (bicyclic) bond motifs is 1. The smallest absolute Gasteiger partial charge is 0.246 e. The van der Waals surface area contributed by atoms with E-state index in [1.165, 1.54) is 19.3 Å². The molecule has 100 valence electrons. The van der Waals surface area contributed by atoms with Crippen molar-refractivity contribution in [3.8, 4) is 0 Å². The van der Waals surface area contributed by atoms with Crippen molar-refractivity contribution >= 4 is 17.7 Å². The van der Waals surface area contributed by atoms with Crippen molar-refractivity contribution in [2.24, 2.45) is 11.8 Å². The number of amides is 1. The van der Waals surface area contributed by atoms with Gasteiger partial charge in [0.15, 0.2) is 0 Å². The molecule has 0 aromatic heterocycles. The number of carbonyl (C=O) groups is 1. The van der Waals surface area contributed by atoms with Gasteiger partial charge in [0, 0.05) is 24.9 Å². The highest BCUT2D eigenvalue weighted by Crippen LogP contribution is 2.37. The molecule has 2 atom stereocenters. The molecule has 1 aliphatic carbocycles. The number of carbonyl (C=O) groups excluding carboxylic acids is 1. The van der Waals surface area contributed by atoms with Crippen molar-refractivity contribution in [1.29, 1.82) is 0 Å². The minimum absolute atomic E-state index is 0.136. The van der Waals surface area contributed by atoms with Gasteiger partial charge in [0.05, 0.1) is 0 Å². The average Bonchev–Trinajstić information content (AvgIpc) is 2.96. The summed E-state index contributed by atoms with van der Waals surface area (Å²) in [6.45, 7) is 1.90. The summed E-state index contributed by atoms with van der Waals surface area (Å²) in [5, 5.41) is 0. The van der Waals surface area contributed by atoms with Crippen molar-refractivity contribution in [3.63, 3.8) is 0 Å². The van der Waals surface area contributed by atoms with E-state index in [-0.39, 0.29) is 5.91 Å². The predicted octanol–water partition coefficient (Wildman–Crippen LogP) is 2.54. The van der Waals surface area contributed by atoms with Crippen molar-refractivity contribution in [3.05, 3.63) is 35.9 Å². The Kier molecular flexibility index (Phi) is 3.28. The summed E-state index contributed by atoms with van der Waals surface area (Å²) < 4.78 is 0. The summed E-state index contributed by atoms with van der Waals surface area (Å²) >= 11 is 0. The van der Waals surface area contributed by atoms with Crippen LogP contribution in [0.3, 0.4) is 0 Å². The Morgan fingerprint density at radius 1 is 1.26 bits per heavy atom. The van der Waals surface area contributed by atoms with E-state index in [2.05, 4.69) is 0 Å². The molecule has 19 heavy (non-hydrogen) atoms. The van der Waals surface area contributed by atoms with Gasteiger partial charge in [0.2, 0.25) is 5.91 Å². The zero-order valence-electron chi connectivity index (χ0n) is 11.1. The second-order valence-corrected chi connectivity index (χ2v) is 5.70. The second-order valence-electron chi connectivity index (χ2n) is 5.70. The van der Waals surface area contributed by atoms with Gasteiger partial charge in [-0.1, -0.05) is 18.6 Å². The van der Waals surface area contributed by atoms with Gasteiger partial charge in [-0.25, -0.2) is 0 Å². The summed E-state index contributed by atoms with van der Waals surface area (Å²) in [5.74, 6) is 1.64. The average molecular weight is 256 g/mol. The lowest BCUT2D eigenvalue weighted by atomic mass is 10.0. The fraction of sp³-hybridized carbons (Fsp3) is 0.438. The third-order valence-corrected chi connectivity index (χ3v) is 4.37. The molecule has 2 aliphatic rings. The Bertz CT molecular complexity index is 497. The quantitative estimate of drug-likeness (QED) is 0.653. The molecule has 1 aliphatic heterocycles. The van der Waals surface area contributed by atoms with E-state index < -0.39 is 0 Å². The van der Waals surface area contributed by atoms with Gasteiger partial charge in [-0.2, -0.15) is 0 Å². The number of rotatable bonds is 2. The lowest BCUT2D eigenvalue weighted by Crippen LogP contribution is -2.27. The van der Waals surface area contributed by atoms with Gasteiger partial charge in [-0.05, 0) is 48.4 Å². The fourth-order valence-electron chi connectivity index (χ4n) is 3.35. The highest BCUT2D eigenvalue weighted by Gasteiger charge is 2.37. The van der Waals surface area contributed by atoms with Crippen LogP contribution in [0.15, 0.2) is 30.3 Å². The van der Waals surface area contributed by atoms with Crippen LogP contribution in [-0.4, -0.2) is 23.9 Å². The summed E-state index contributed by atoms with van der Waals surface area (Å²) in [6, 6.07) is 7.59. The summed E-state index contributed by atoms with van der Waals surface area (Å²) in [4.78, 5) is 14.1. The number of nitrogens with two attached hydrogens (primary N) is 1. The number of benzene rings is 1. The van der Waals surface area contributed by atoms with Gasteiger partial charge in [-0.15, -0.1) is 0 Å². The van der Waals surface area contributed by atoms with Gasteiger partial charge >= 0.3 is 0 Å². The maximum Gasteiger partial charge on any atom is 0.246 e. The molecule has 0 radical (unpaired) electrons. The molecule has 2 unspecified atom stereocenters. The Balaban J connectivity index is 1.62. The first-order valence-corrected chi connectivity index (χ1v) is 7.05. The van der Waals surface area contributed by atoms with Gasteiger partial charge in [0.1, 0.15) is 0 Å². The standard InChI is InChI=1S/C16H20N2O/c17-15-6-1-3-12(9-15)7-8-16(19)18-10-13-4-2-5-14(13)11-18/h1,3,6-9,13-14H,2,4-5,10-11,17H2/b8-7+. The minimum Gasteiger partial charge on any atom is -0.399 e. The molecule has 0 spiro atoms. The maximum atomic E-state index is 12.1. The lowest BCUT2D eigenvalue weighted by molar-refractivity contribution is -0.125. The molecule has 3 rings (SSSR count). The van der Waals surface area contributed by atoms with Crippen LogP contribution in [0.2, 0.25) is 0 Å². The van der Waals surface area contributed by atoms with Gasteiger partial charge in [-0.3, -0.25) is 4.79 Å². The number of nitrogen functional groups attached to an aromatic ring is 1. The molecule has 1 aromatic carbocycles. The molecule has 3 heteroatoms. The van der Waals surface area contributed by atoms with Crippen molar-refractivity contribution in [1.82, 2.24) is 4.90 Å². The van der Waals surface area contributed by atoms with Gasteiger partial charge in [0.25, 0.3) is 0 Å². The Hall–Kier alpha value is -1.77. The molecule has 3 nitrogen and oxygen atoms in total. The van der Waals surface area contributed by atoms with E-state index in [1.807, 2.05) is 35.2 Å². The highest BCUT2D eigenvalue weighted by molar-refractivity contribution is 5.92. The topological polar surface area (TPSA) is 46.3 Å². The molecular weight excluding hydrogens is 236 g/mol. The van der Waals surface area contributed by atoms with Crippen LogP contribution in [0.5, 0.6) is 0 Å². The van der Waals surface area contributed by atoms with E-state index in [4.69, 9.17) is 5.73 Å². The van der Waals surface area contributed by atoms with E-state index in [0.29, 0.717) is 0 Å². The molecule has 1 saturated heterocycles. The number of hydrogen-bond acceptors (Lipinski definition) is 2. The molecule has 2 N–H and O–H groups in total. The SMILES string of the molecule is Nc1cccc(/C=C/C(=O)N2CC3CCCC3C2)c1. The maximum absolute atomic E-state index is 12.1. The third-order valence-electron chi connectivity index (χ3n) is 4.37. The van der Waals surface area contributed by atoms with Gasteiger partial charge < -0.3 is 10.6 Å². The Labute approximate surface area is 114 Å². The van der Waals surface area contributed by atoms with Crippen molar-refractivity contribution < 1.29 is 4.79 Å². The van der Waals surface area contributed by atoms with E-state index in [1.54, 1.807) is 6.08 Å². The fourth-order valence-corrected chi connectivity index (χ4v) is 3.35. The molecule has 1 aromatic rings. The van der Waals surface area contributed by atoms with E-state index in [9.17, 15) is 4.79 Å². The molecule has 1 saturated carbocycles. The number of likely N-dealkylation sites (tertiary alicyclic amines) is 1. The van der Waals surface area contributed by atoms with Crippen LogP contribution in [0.25, 0.3) is 6.08 Å². The zero-order chi connectivity index (χ0) is 13.2. The minimum atomic E-state index is 0.136. The molecular formula is C16H20N2O. The first-order chi connectivity index (χ1) is 9.22. The largest absolute Gasteiger partial charge is 0.399 e. The first-order valence-electron chi connectivity index (χ1n) is 7.05. The lowest BCUT2D eigenvalue weighted by Gasteiger charge is -2.14. The number of anilines is 1. The Morgan fingerprint density at radius 2 is 2.00 bits per heavy atom. The number of hydrogen-bond donors (Lipinski definition) is 1. The normalized spacial score (nSPS) is 26.0. The van der Waals surface area contributed by atoms with Crippen molar-refractivity contribution in [2.75, 3.05) is 18.8 Å². The monoisotopic (exact) mass is 256 g/mol. The van der Waals surface area contributed by atoms with Crippen LogP contribution in [0.1, 0.15) is 24.8 Å². The summed E-state index contributed by atoms with van der Waals surface area (Å²) in [5.41, 5.74) is 7.43. The zero-order valence-corrected chi connectivity index (χ0v) is 11.1. The Morgan fingerprint density at radius 3 is 2.68 bits per heavy atom. The highest BCUT2D eigenvalue weighted by atomic mass is 16.2. The van der Waals surface area contributed by atoms with Crippen LogP contribution in [0, 0.1) is 11.8 Å². The molecule has 1 amide bonds. The third kappa shape index (κ3) is 2.65. The van der Waals surface area contributed by atoms with E-state index in [0.717, 1.165) is 36.2 Å². The molecule has 1 heterocycles. The van der Waals surface area contributed by atoms with Crippen LogP contribution in [-0.2, 0) is 4.79 Å². The molecule has 0 bridgehead atoms.